The van der Waals surface area contributed by atoms with E-state index in [0.717, 1.165) is 5.70 Å². The van der Waals surface area contributed by atoms with Crippen LogP contribution in [-0.2, 0) is 11.2 Å². The number of carbonyl (C=O) groups is 1. The fourth-order valence-electron chi connectivity index (χ4n) is 4.23. The highest BCUT2D eigenvalue weighted by Crippen LogP contribution is 2.30. The number of carbonyl (C=O) groups excluding carboxylic acids is 1. The molecule has 0 spiro atoms. The molecule has 7 nitrogen and oxygen atoms in total. The Labute approximate surface area is 171 Å². The fraction of sp³-hybridized carbons (Fsp3) is 0.333. The van der Waals surface area contributed by atoms with Crippen LogP contribution in [0.4, 0.5) is 14.6 Å². The Balaban J connectivity index is 1.25. The second-order valence-corrected chi connectivity index (χ2v) is 7.57. The average Bonchev–Trinajstić information content (AvgIpc) is 3.35. The molecule has 2 aliphatic heterocycles. The van der Waals surface area contributed by atoms with E-state index in [2.05, 4.69) is 15.1 Å². The van der Waals surface area contributed by atoms with E-state index in [0.29, 0.717) is 55.9 Å². The molecule has 2 aliphatic rings. The number of pyridine rings is 2. The van der Waals surface area contributed by atoms with E-state index in [9.17, 15) is 13.6 Å². The third-order valence-corrected chi connectivity index (χ3v) is 5.74. The monoisotopic (exact) mass is 410 g/mol. The lowest BCUT2D eigenvalue weighted by molar-refractivity contribution is -0.130. The zero-order valence-corrected chi connectivity index (χ0v) is 16.2. The minimum Gasteiger partial charge on any atom is -0.349 e. The third-order valence-electron chi connectivity index (χ3n) is 5.74. The topological polar surface area (TPSA) is 66.6 Å². The van der Waals surface area contributed by atoms with Gasteiger partial charge in [-0.3, -0.25) is 4.79 Å². The SMILES string of the molecule is O=C1[C@@H](CCCc2c(F)ccn3ncnc23)C=C2CN(c3ccc(F)cn3)CCN12. The Kier molecular flexibility index (Phi) is 4.65. The summed E-state index contributed by atoms with van der Waals surface area (Å²) in [6.45, 7) is 1.79. The molecule has 1 amide bonds. The van der Waals surface area contributed by atoms with Gasteiger partial charge in [0.2, 0.25) is 5.91 Å². The lowest BCUT2D eigenvalue weighted by atomic mass is 10.00. The number of hydrogen-bond acceptors (Lipinski definition) is 5. The molecule has 1 fully saturated rings. The molecule has 1 atom stereocenters. The van der Waals surface area contributed by atoms with Gasteiger partial charge in [-0.05, 0) is 37.5 Å². The van der Waals surface area contributed by atoms with Crippen LogP contribution in [-0.4, -0.2) is 50.0 Å². The molecule has 0 aliphatic carbocycles. The van der Waals surface area contributed by atoms with E-state index in [1.807, 2.05) is 15.9 Å². The first-order valence-corrected chi connectivity index (χ1v) is 9.95. The third kappa shape index (κ3) is 3.30. The highest BCUT2D eigenvalue weighted by atomic mass is 19.1. The van der Waals surface area contributed by atoms with E-state index in [-0.39, 0.29) is 23.5 Å². The quantitative estimate of drug-likeness (QED) is 0.647. The van der Waals surface area contributed by atoms with Crippen LogP contribution in [0, 0.1) is 17.6 Å². The van der Waals surface area contributed by atoms with Crippen LogP contribution in [0.2, 0.25) is 0 Å². The molecule has 30 heavy (non-hydrogen) atoms. The zero-order valence-electron chi connectivity index (χ0n) is 16.2. The summed E-state index contributed by atoms with van der Waals surface area (Å²) >= 11 is 0. The summed E-state index contributed by atoms with van der Waals surface area (Å²) in [6, 6.07) is 4.43. The Morgan fingerprint density at radius 3 is 2.87 bits per heavy atom. The second kappa shape index (κ2) is 7.47. The summed E-state index contributed by atoms with van der Waals surface area (Å²) in [5, 5.41) is 4.04. The van der Waals surface area contributed by atoms with Crippen molar-refractivity contribution in [2.75, 3.05) is 24.5 Å². The molecule has 5 rings (SSSR count). The van der Waals surface area contributed by atoms with Crippen LogP contribution in [0.5, 0.6) is 0 Å². The van der Waals surface area contributed by atoms with Crippen LogP contribution in [0.15, 0.2) is 48.7 Å². The largest absolute Gasteiger partial charge is 0.349 e. The number of piperazine rings is 1. The number of aromatic nitrogens is 4. The van der Waals surface area contributed by atoms with E-state index in [4.69, 9.17) is 0 Å². The van der Waals surface area contributed by atoms with Gasteiger partial charge in [-0.25, -0.2) is 23.3 Å². The first kappa shape index (κ1) is 18.7. The number of anilines is 1. The van der Waals surface area contributed by atoms with Crippen molar-refractivity contribution in [2.45, 2.75) is 19.3 Å². The van der Waals surface area contributed by atoms with Gasteiger partial charge in [-0.2, -0.15) is 5.10 Å². The van der Waals surface area contributed by atoms with Crippen molar-refractivity contribution in [1.82, 2.24) is 24.5 Å². The fourth-order valence-corrected chi connectivity index (χ4v) is 4.23. The molecule has 1 saturated heterocycles. The highest BCUT2D eigenvalue weighted by Gasteiger charge is 2.35. The van der Waals surface area contributed by atoms with Crippen molar-refractivity contribution in [1.29, 1.82) is 0 Å². The predicted molar refractivity (Wildman–Crippen MR) is 106 cm³/mol. The van der Waals surface area contributed by atoms with Crippen molar-refractivity contribution < 1.29 is 13.6 Å². The molecule has 9 heteroatoms. The van der Waals surface area contributed by atoms with Gasteiger partial charge in [0, 0.05) is 30.5 Å². The maximum Gasteiger partial charge on any atom is 0.233 e. The van der Waals surface area contributed by atoms with Crippen molar-refractivity contribution in [3.8, 4) is 0 Å². The summed E-state index contributed by atoms with van der Waals surface area (Å²) in [6.07, 6.45) is 7.96. The van der Waals surface area contributed by atoms with Crippen molar-refractivity contribution in [3.05, 3.63) is 65.9 Å². The van der Waals surface area contributed by atoms with Crippen LogP contribution in [0.1, 0.15) is 18.4 Å². The first-order chi connectivity index (χ1) is 14.6. The minimum absolute atomic E-state index is 0.0953. The summed E-state index contributed by atoms with van der Waals surface area (Å²) in [5.41, 5.74) is 2.00. The van der Waals surface area contributed by atoms with Crippen molar-refractivity contribution >= 4 is 17.4 Å². The normalized spacial score (nSPS) is 18.8. The van der Waals surface area contributed by atoms with Gasteiger partial charge >= 0.3 is 0 Å². The Morgan fingerprint density at radius 2 is 2.03 bits per heavy atom. The summed E-state index contributed by atoms with van der Waals surface area (Å²) in [5.74, 6) is -0.0816. The first-order valence-electron chi connectivity index (χ1n) is 9.95. The maximum atomic E-state index is 14.2. The van der Waals surface area contributed by atoms with Gasteiger partial charge in [0.05, 0.1) is 18.7 Å². The molecule has 0 aromatic carbocycles. The summed E-state index contributed by atoms with van der Waals surface area (Å²) < 4.78 is 28.9. The Hall–Kier alpha value is -3.36. The number of aryl methyl sites for hydroxylation is 1. The van der Waals surface area contributed by atoms with E-state index in [1.165, 1.54) is 24.7 Å². The molecule has 5 heterocycles. The number of fused-ring (bicyclic) bond motifs is 2. The van der Waals surface area contributed by atoms with E-state index < -0.39 is 0 Å². The van der Waals surface area contributed by atoms with Gasteiger partial charge in [0.25, 0.3) is 0 Å². The predicted octanol–water partition coefficient (Wildman–Crippen LogP) is 2.59. The van der Waals surface area contributed by atoms with Crippen LogP contribution in [0.3, 0.4) is 0 Å². The van der Waals surface area contributed by atoms with Gasteiger partial charge < -0.3 is 9.80 Å². The van der Waals surface area contributed by atoms with E-state index in [1.54, 1.807) is 16.8 Å². The number of rotatable bonds is 5. The smallest absolute Gasteiger partial charge is 0.233 e. The standard InChI is InChI=1S/C21H20F2N6O/c22-15-4-5-19(24-11-15)27-8-9-28-16(12-27)10-14(21(28)30)2-1-3-17-18(23)6-7-29-20(17)25-13-26-29/h4-7,10-11,13-14H,1-3,8-9,12H2/t14-/m0/s1. The molecule has 0 radical (unpaired) electrons. The van der Waals surface area contributed by atoms with Gasteiger partial charge in [0.15, 0.2) is 5.65 Å². The number of nitrogens with zero attached hydrogens (tertiary/aromatic N) is 6. The number of amides is 1. The van der Waals surface area contributed by atoms with Crippen LogP contribution < -0.4 is 4.90 Å². The van der Waals surface area contributed by atoms with E-state index >= 15 is 0 Å². The number of halogens is 2. The lowest BCUT2D eigenvalue weighted by Gasteiger charge is -2.35. The number of hydrogen-bond donors (Lipinski definition) is 0. The van der Waals surface area contributed by atoms with Gasteiger partial charge in [-0.15, -0.1) is 0 Å². The minimum atomic E-state index is -0.369. The molecule has 0 bridgehead atoms. The van der Waals surface area contributed by atoms with Crippen LogP contribution in [0.25, 0.3) is 5.65 Å². The Bertz CT molecular complexity index is 1130. The van der Waals surface area contributed by atoms with Gasteiger partial charge in [0.1, 0.15) is 23.8 Å². The molecule has 3 aromatic heterocycles. The zero-order chi connectivity index (χ0) is 20.7. The molecule has 0 N–H and O–H groups in total. The Morgan fingerprint density at radius 1 is 1.13 bits per heavy atom. The average molecular weight is 410 g/mol. The van der Waals surface area contributed by atoms with Crippen LogP contribution >= 0.6 is 0 Å². The second-order valence-electron chi connectivity index (χ2n) is 7.57. The lowest BCUT2D eigenvalue weighted by Crippen LogP contribution is -2.45. The molecule has 154 valence electrons. The van der Waals surface area contributed by atoms with Gasteiger partial charge in [-0.1, -0.05) is 6.08 Å². The maximum absolute atomic E-state index is 14.2. The molecular weight excluding hydrogens is 390 g/mol. The molecule has 0 saturated carbocycles. The summed E-state index contributed by atoms with van der Waals surface area (Å²) in [7, 11) is 0. The molecular formula is C21H20F2N6O. The highest BCUT2D eigenvalue weighted by molar-refractivity contribution is 5.86. The molecule has 0 unspecified atom stereocenters. The van der Waals surface area contributed by atoms with Crippen molar-refractivity contribution in [3.63, 3.8) is 0 Å². The molecule has 3 aromatic rings. The summed E-state index contributed by atoms with van der Waals surface area (Å²) in [4.78, 5) is 24.9. The van der Waals surface area contributed by atoms with Crippen molar-refractivity contribution in [2.24, 2.45) is 5.92 Å².